The summed E-state index contributed by atoms with van der Waals surface area (Å²) in [6.07, 6.45) is 0.159. The van der Waals surface area contributed by atoms with E-state index in [-0.39, 0.29) is 13.0 Å². The highest BCUT2D eigenvalue weighted by Gasteiger charge is 2.35. The fraction of sp³-hybridized carbons (Fsp3) is 0.600. The van der Waals surface area contributed by atoms with Crippen LogP contribution in [0.15, 0.2) is 0 Å². The summed E-state index contributed by atoms with van der Waals surface area (Å²) in [6.45, 7) is -0.552. The zero-order valence-corrected chi connectivity index (χ0v) is 11.2. The molecule has 1 fully saturated rings. The van der Waals surface area contributed by atoms with Crippen molar-refractivity contribution in [2.45, 2.75) is 12.5 Å². The molecular formula is C10H15N3O5S. The van der Waals surface area contributed by atoms with E-state index in [4.69, 9.17) is 5.11 Å². The number of nitrogens with zero attached hydrogens (tertiary/aromatic N) is 2. The Morgan fingerprint density at radius 1 is 1.47 bits per heavy atom. The molecule has 9 heteroatoms. The molecule has 1 heterocycles. The van der Waals surface area contributed by atoms with Gasteiger partial charge in [-0.05, 0) is 12.2 Å². The molecule has 1 atom stereocenters. The molecular weight excluding hydrogens is 274 g/mol. The summed E-state index contributed by atoms with van der Waals surface area (Å²) in [6, 6.07) is -1.64. The molecule has 1 aliphatic rings. The number of amides is 4. The first-order valence-corrected chi connectivity index (χ1v) is 6.18. The van der Waals surface area contributed by atoms with Crippen LogP contribution < -0.4 is 5.32 Å². The predicted molar refractivity (Wildman–Crippen MR) is 67.8 cm³/mol. The number of carboxylic acids is 1. The zero-order valence-electron chi connectivity index (χ0n) is 10.3. The molecule has 106 valence electrons. The maximum Gasteiger partial charge on any atom is 0.327 e. The van der Waals surface area contributed by atoms with E-state index in [0.717, 1.165) is 4.90 Å². The van der Waals surface area contributed by atoms with Gasteiger partial charge >= 0.3 is 12.0 Å². The number of thiol groups is 1. The third-order valence-electron chi connectivity index (χ3n) is 2.58. The normalized spacial score (nSPS) is 16.7. The molecule has 0 radical (unpaired) electrons. The summed E-state index contributed by atoms with van der Waals surface area (Å²) in [5, 5.41) is 11.1. The third-order valence-corrected chi connectivity index (χ3v) is 2.84. The van der Waals surface area contributed by atoms with Gasteiger partial charge in [-0.3, -0.25) is 14.5 Å². The fourth-order valence-corrected chi connectivity index (χ4v) is 1.85. The third kappa shape index (κ3) is 3.85. The highest BCUT2D eigenvalue weighted by atomic mass is 32.1. The van der Waals surface area contributed by atoms with Crippen LogP contribution in [0.5, 0.6) is 0 Å². The van der Waals surface area contributed by atoms with E-state index in [9.17, 15) is 19.2 Å². The van der Waals surface area contributed by atoms with Crippen molar-refractivity contribution < 1.29 is 24.3 Å². The standard InChI is InChI=1S/C10H15N3O5S/c1-12-5-8(15)13(10(12)18)4-7(14)11-6(2-3-19)9(16)17/h6,19H,2-5H2,1H3,(H,11,14)(H,16,17). The number of carboxylic acid groups (broad SMARTS) is 1. The molecule has 0 aromatic heterocycles. The Morgan fingerprint density at radius 3 is 2.53 bits per heavy atom. The maximum absolute atomic E-state index is 11.6. The van der Waals surface area contributed by atoms with Crippen LogP contribution in [-0.4, -0.2) is 70.7 Å². The Hall–Kier alpha value is -1.77. The van der Waals surface area contributed by atoms with Gasteiger partial charge in [-0.25, -0.2) is 9.59 Å². The van der Waals surface area contributed by atoms with Crippen LogP contribution in [0.1, 0.15) is 6.42 Å². The van der Waals surface area contributed by atoms with Crippen molar-refractivity contribution in [1.29, 1.82) is 0 Å². The number of hydrogen-bond acceptors (Lipinski definition) is 5. The van der Waals surface area contributed by atoms with Crippen molar-refractivity contribution in [3.63, 3.8) is 0 Å². The van der Waals surface area contributed by atoms with Crippen LogP contribution in [0.2, 0.25) is 0 Å². The molecule has 0 aromatic rings. The summed E-state index contributed by atoms with van der Waals surface area (Å²) >= 11 is 3.89. The minimum atomic E-state index is -1.18. The van der Waals surface area contributed by atoms with E-state index < -0.39 is 36.4 Å². The molecule has 0 spiro atoms. The first-order valence-electron chi connectivity index (χ1n) is 5.55. The van der Waals surface area contributed by atoms with Gasteiger partial charge < -0.3 is 15.3 Å². The molecule has 4 amide bonds. The molecule has 1 rings (SSSR count). The predicted octanol–water partition coefficient (Wildman–Crippen LogP) is -1.23. The average molecular weight is 289 g/mol. The first-order chi connectivity index (χ1) is 8.86. The number of carbonyl (C=O) groups is 4. The fourth-order valence-electron chi connectivity index (χ4n) is 1.59. The van der Waals surface area contributed by atoms with Gasteiger partial charge in [0.1, 0.15) is 19.1 Å². The van der Waals surface area contributed by atoms with Crippen LogP contribution in [0.3, 0.4) is 0 Å². The smallest absolute Gasteiger partial charge is 0.327 e. The summed E-state index contributed by atoms with van der Waals surface area (Å²) < 4.78 is 0. The minimum Gasteiger partial charge on any atom is -0.480 e. The number of hydrogen-bond donors (Lipinski definition) is 3. The number of imide groups is 1. The van der Waals surface area contributed by atoms with Crippen molar-refractivity contribution in [2.24, 2.45) is 0 Å². The lowest BCUT2D eigenvalue weighted by Crippen LogP contribution is -2.47. The quantitative estimate of drug-likeness (QED) is 0.419. The maximum atomic E-state index is 11.6. The van der Waals surface area contributed by atoms with E-state index in [1.807, 2.05) is 0 Å². The molecule has 1 saturated heterocycles. The monoisotopic (exact) mass is 289 g/mol. The lowest BCUT2D eigenvalue weighted by molar-refractivity contribution is -0.142. The van der Waals surface area contributed by atoms with Crippen LogP contribution >= 0.6 is 12.6 Å². The molecule has 0 aromatic carbocycles. The van der Waals surface area contributed by atoms with Crippen molar-refractivity contribution in [1.82, 2.24) is 15.1 Å². The molecule has 0 aliphatic carbocycles. The summed E-state index contributed by atoms with van der Waals surface area (Å²) in [5.41, 5.74) is 0. The van der Waals surface area contributed by atoms with Gasteiger partial charge in [0.2, 0.25) is 5.91 Å². The van der Waals surface area contributed by atoms with Gasteiger partial charge in [-0.15, -0.1) is 0 Å². The Bertz CT molecular complexity index is 414. The van der Waals surface area contributed by atoms with Crippen LogP contribution in [-0.2, 0) is 14.4 Å². The first kappa shape index (κ1) is 15.3. The number of rotatable bonds is 6. The number of carbonyl (C=O) groups excluding carboxylic acids is 3. The number of urea groups is 1. The molecule has 1 unspecified atom stereocenters. The van der Waals surface area contributed by atoms with Gasteiger partial charge in [0, 0.05) is 7.05 Å². The van der Waals surface area contributed by atoms with Crippen LogP contribution in [0, 0.1) is 0 Å². The van der Waals surface area contributed by atoms with E-state index in [1.165, 1.54) is 11.9 Å². The molecule has 1 aliphatic heterocycles. The molecule has 8 nitrogen and oxygen atoms in total. The Kier molecular flexibility index (Phi) is 5.16. The van der Waals surface area contributed by atoms with Crippen molar-refractivity contribution in [2.75, 3.05) is 25.9 Å². The molecule has 2 N–H and O–H groups in total. The second-order valence-electron chi connectivity index (χ2n) is 4.09. The van der Waals surface area contributed by atoms with Gasteiger partial charge in [-0.2, -0.15) is 12.6 Å². The largest absolute Gasteiger partial charge is 0.480 e. The Balaban J connectivity index is 2.57. The molecule has 19 heavy (non-hydrogen) atoms. The second kappa shape index (κ2) is 6.41. The van der Waals surface area contributed by atoms with E-state index in [2.05, 4.69) is 17.9 Å². The van der Waals surface area contributed by atoms with Crippen molar-refractivity contribution in [3.05, 3.63) is 0 Å². The van der Waals surface area contributed by atoms with E-state index >= 15 is 0 Å². The van der Waals surface area contributed by atoms with E-state index in [1.54, 1.807) is 0 Å². The van der Waals surface area contributed by atoms with Gasteiger partial charge in [0.15, 0.2) is 0 Å². The van der Waals surface area contributed by atoms with Gasteiger partial charge in [0.05, 0.1) is 0 Å². The summed E-state index contributed by atoms with van der Waals surface area (Å²) in [4.78, 5) is 47.4. The Labute approximate surface area is 115 Å². The summed E-state index contributed by atoms with van der Waals surface area (Å²) in [5.74, 6) is -2.06. The minimum absolute atomic E-state index is 0.0783. The number of aliphatic carboxylic acids is 1. The van der Waals surface area contributed by atoms with Crippen LogP contribution in [0.25, 0.3) is 0 Å². The SMILES string of the molecule is CN1CC(=O)N(CC(=O)NC(CCS)C(=O)O)C1=O. The highest BCUT2D eigenvalue weighted by Crippen LogP contribution is 2.07. The van der Waals surface area contributed by atoms with Crippen molar-refractivity contribution >= 4 is 36.4 Å². The molecule has 0 bridgehead atoms. The lowest BCUT2D eigenvalue weighted by atomic mass is 10.2. The zero-order chi connectivity index (χ0) is 14.6. The number of nitrogens with one attached hydrogen (secondary N) is 1. The summed E-state index contributed by atoms with van der Waals surface area (Å²) in [7, 11) is 1.44. The van der Waals surface area contributed by atoms with Gasteiger partial charge in [0.25, 0.3) is 5.91 Å². The van der Waals surface area contributed by atoms with Gasteiger partial charge in [-0.1, -0.05) is 0 Å². The topological polar surface area (TPSA) is 107 Å². The molecule has 0 saturated carbocycles. The second-order valence-corrected chi connectivity index (χ2v) is 4.54. The van der Waals surface area contributed by atoms with E-state index in [0.29, 0.717) is 5.75 Å². The van der Waals surface area contributed by atoms with Crippen molar-refractivity contribution in [3.8, 4) is 0 Å². The average Bonchev–Trinajstić information content (AvgIpc) is 2.55. The lowest BCUT2D eigenvalue weighted by Gasteiger charge is -2.17. The highest BCUT2D eigenvalue weighted by molar-refractivity contribution is 7.80. The van der Waals surface area contributed by atoms with Crippen LogP contribution in [0.4, 0.5) is 4.79 Å². The Morgan fingerprint density at radius 2 is 2.11 bits per heavy atom. The number of likely N-dealkylation sites (N-methyl/N-ethyl adjacent to an activating group) is 1.